The molecule has 36 heavy (non-hydrogen) atoms. The lowest BCUT2D eigenvalue weighted by atomic mass is 10.0. The van der Waals surface area contributed by atoms with E-state index in [1.807, 2.05) is 6.20 Å². The molecular weight excluding hydrogens is 462 g/mol. The Labute approximate surface area is 207 Å². The molecule has 2 aliphatic rings. The van der Waals surface area contributed by atoms with Gasteiger partial charge in [0.25, 0.3) is 0 Å². The van der Waals surface area contributed by atoms with Gasteiger partial charge in [0.05, 0.1) is 11.7 Å². The highest BCUT2D eigenvalue weighted by atomic mass is 19.1. The smallest absolute Gasteiger partial charge is 0.214 e. The van der Waals surface area contributed by atoms with Crippen LogP contribution in [0.3, 0.4) is 0 Å². The van der Waals surface area contributed by atoms with Crippen molar-refractivity contribution >= 4 is 28.4 Å². The Morgan fingerprint density at radius 1 is 1.08 bits per heavy atom. The van der Waals surface area contributed by atoms with Gasteiger partial charge in [0.15, 0.2) is 17.5 Å². The van der Waals surface area contributed by atoms with Crippen molar-refractivity contribution < 1.29 is 8.78 Å². The monoisotopic (exact) mass is 488 g/mol. The Hall–Kier alpha value is -3.79. The molecule has 184 valence electrons. The van der Waals surface area contributed by atoms with Gasteiger partial charge < -0.3 is 15.5 Å². The predicted molar refractivity (Wildman–Crippen MR) is 134 cm³/mol. The van der Waals surface area contributed by atoms with Gasteiger partial charge in [-0.15, -0.1) is 0 Å². The first-order chi connectivity index (χ1) is 17.4. The lowest BCUT2D eigenvalue weighted by molar-refractivity contribution is 0.352. The fourth-order valence-electron chi connectivity index (χ4n) is 4.74. The van der Waals surface area contributed by atoms with Gasteiger partial charge in [-0.1, -0.05) is 0 Å². The van der Waals surface area contributed by atoms with Gasteiger partial charge >= 0.3 is 0 Å². The van der Waals surface area contributed by atoms with Crippen LogP contribution in [-0.2, 0) is 0 Å². The number of hydrogen-bond acceptors (Lipinski definition) is 8. The molecule has 4 aromatic heterocycles. The fraction of sp³-hybridized carbons (Fsp3) is 0.346. The van der Waals surface area contributed by atoms with Gasteiger partial charge in [-0.25, -0.2) is 19.3 Å². The van der Waals surface area contributed by atoms with Gasteiger partial charge in [-0.2, -0.15) is 9.37 Å². The van der Waals surface area contributed by atoms with Crippen molar-refractivity contribution in [1.29, 1.82) is 0 Å². The molecule has 8 nitrogen and oxygen atoms in total. The first kappa shape index (κ1) is 22.7. The predicted octanol–water partition coefficient (Wildman–Crippen LogP) is 4.57. The van der Waals surface area contributed by atoms with E-state index >= 15 is 0 Å². The van der Waals surface area contributed by atoms with Crippen molar-refractivity contribution in [2.24, 2.45) is 0 Å². The van der Waals surface area contributed by atoms with Crippen molar-refractivity contribution in [3.8, 4) is 11.4 Å². The Morgan fingerprint density at radius 3 is 2.75 bits per heavy atom. The molecular formula is C26H26F2N8. The number of piperazine rings is 1. The maximum atomic E-state index is 14.1. The Morgan fingerprint density at radius 2 is 1.94 bits per heavy atom. The molecule has 0 bridgehead atoms. The van der Waals surface area contributed by atoms with Crippen LogP contribution >= 0.6 is 0 Å². The summed E-state index contributed by atoms with van der Waals surface area (Å²) in [7, 11) is 0. The van der Waals surface area contributed by atoms with Gasteiger partial charge in [0.2, 0.25) is 5.95 Å². The van der Waals surface area contributed by atoms with E-state index in [9.17, 15) is 8.78 Å². The summed E-state index contributed by atoms with van der Waals surface area (Å²) in [6, 6.07) is 5.49. The molecule has 1 saturated heterocycles. The number of nitrogens with zero attached hydrogens (tertiary/aromatic N) is 6. The van der Waals surface area contributed by atoms with E-state index in [4.69, 9.17) is 9.97 Å². The van der Waals surface area contributed by atoms with Gasteiger partial charge in [-0.05, 0) is 62.4 Å². The number of hydrogen-bond donors (Lipinski definition) is 2. The van der Waals surface area contributed by atoms with Crippen LogP contribution in [0.5, 0.6) is 0 Å². The summed E-state index contributed by atoms with van der Waals surface area (Å²) in [5.41, 5.74) is 2.63. The van der Waals surface area contributed by atoms with Crippen LogP contribution in [0, 0.1) is 11.8 Å². The van der Waals surface area contributed by atoms with Crippen LogP contribution < -0.4 is 15.5 Å². The summed E-state index contributed by atoms with van der Waals surface area (Å²) in [4.78, 5) is 24.6. The molecule has 1 aliphatic carbocycles. The Balaban J connectivity index is 1.45. The van der Waals surface area contributed by atoms with Crippen molar-refractivity contribution in [1.82, 2.24) is 30.2 Å². The summed E-state index contributed by atoms with van der Waals surface area (Å²) in [5, 5.41) is 7.38. The standard InChI is InChI=1S/C26H26F2N8/c1-26(2)14-36(10-9-31-26)25-22-17(15-3-4-15)12-29-13-19(22)32-23(35-25)16-7-8-30-21(11-16)34-24-18(27)5-6-20(28)33-24/h5-8,11-13,15,31H,3-4,9-10,14H2,1-2H3,(H,30,33,34). The third-order valence-corrected chi connectivity index (χ3v) is 6.58. The van der Waals surface area contributed by atoms with Crippen molar-refractivity contribution in [2.45, 2.75) is 38.1 Å². The highest BCUT2D eigenvalue weighted by molar-refractivity contribution is 5.94. The normalized spacial score (nSPS) is 17.4. The number of aromatic nitrogens is 5. The van der Waals surface area contributed by atoms with Crippen molar-refractivity contribution in [2.75, 3.05) is 29.9 Å². The quantitative estimate of drug-likeness (QED) is 0.395. The Bertz CT molecular complexity index is 1450. The summed E-state index contributed by atoms with van der Waals surface area (Å²) in [6.45, 7) is 6.86. The molecule has 2 N–H and O–H groups in total. The van der Waals surface area contributed by atoms with E-state index in [2.05, 4.69) is 44.3 Å². The van der Waals surface area contributed by atoms with Crippen LogP contribution in [0.2, 0.25) is 0 Å². The number of halogens is 2. The zero-order valence-electron chi connectivity index (χ0n) is 20.1. The minimum absolute atomic E-state index is 0.0573. The second-order valence-electron chi connectivity index (χ2n) is 10.0. The molecule has 10 heteroatoms. The van der Waals surface area contributed by atoms with Crippen LogP contribution in [0.4, 0.5) is 26.2 Å². The van der Waals surface area contributed by atoms with E-state index < -0.39 is 11.8 Å². The molecule has 6 rings (SSSR count). The highest BCUT2D eigenvalue weighted by Crippen LogP contribution is 2.45. The molecule has 0 amide bonds. The first-order valence-corrected chi connectivity index (χ1v) is 12.1. The van der Waals surface area contributed by atoms with Crippen LogP contribution in [0.25, 0.3) is 22.3 Å². The van der Waals surface area contributed by atoms with Gasteiger partial charge in [-0.3, -0.25) is 4.98 Å². The SMILES string of the molecule is CC1(C)CN(c2nc(-c3ccnc(Nc4nc(F)ccc4F)c3)nc3cncc(C4CC4)c23)CCN1. The molecule has 1 aliphatic heterocycles. The molecule has 1 saturated carbocycles. The molecule has 5 heterocycles. The number of pyridine rings is 3. The average molecular weight is 489 g/mol. The van der Waals surface area contributed by atoms with Crippen LogP contribution in [0.15, 0.2) is 42.9 Å². The van der Waals surface area contributed by atoms with E-state index in [1.165, 1.54) is 5.56 Å². The minimum Gasteiger partial charge on any atom is -0.353 e. The number of nitrogens with one attached hydrogen (secondary N) is 2. The third-order valence-electron chi connectivity index (χ3n) is 6.58. The number of fused-ring (bicyclic) bond motifs is 1. The zero-order chi connectivity index (χ0) is 24.9. The Kier molecular flexibility index (Phi) is 5.48. The fourth-order valence-corrected chi connectivity index (χ4v) is 4.74. The largest absolute Gasteiger partial charge is 0.353 e. The molecule has 0 aromatic carbocycles. The second kappa shape index (κ2) is 8.70. The topological polar surface area (TPSA) is 91.8 Å². The van der Waals surface area contributed by atoms with Crippen LogP contribution in [0.1, 0.15) is 38.2 Å². The molecule has 0 radical (unpaired) electrons. The van der Waals surface area contributed by atoms with E-state index in [0.717, 1.165) is 61.3 Å². The summed E-state index contributed by atoms with van der Waals surface area (Å²) in [6.07, 6.45) is 7.62. The third kappa shape index (κ3) is 4.44. The molecule has 0 unspecified atom stereocenters. The maximum Gasteiger partial charge on any atom is 0.214 e. The summed E-state index contributed by atoms with van der Waals surface area (Å²) in [5.74, 6) is 0.530. The number of anilines is 3. The molecule has 2 fully saturated rings. The van der Waals surface area contributed by atoms with Crippen molar-refractivity contribution in [3.63, 3.8) is 0 Å². The average Bonchev–Trinajstić information content (AvgIpc) is 3.70. The summed E-state index contributed by atoms with van der Waals surface area (Å²) >= 11 is 0. The van der Waals surface area contributed by atoms with Gasteiger partial charge in [0, 0.05) is 48.5 Å². The lowest BCUT2D eigenvalue weighted by Gasteiger charge is -2.40. The van der Waals surface area contributed by atoms with Crippen LogP contribution in [-0.4, -0.2) is 50.1 Å². The molecule has 0 atom stereocenters. The zero-order valence-corrected chi connectivity index (χ0v) is 20.1. The molecule has 0 spiro atoms. The second-order valence-corrected chi connectivity index (χ2v) is 10.0. The van der Waals surface area contributed by atoms with Gasteiger partial charge in [0.1, 0.15) is 11.6 Å². The van der Waals surface area contributed by atoms with Crippen molar-refractivity contribution in [3.05, 3.63) is 60.2 Å². The lowest BCUT2D eigenvalue weighted by Crippen LogP contribution is -2.57. The van der Waals surface area contributed by atoms with E-state index in [1.54, 1.807) is 24.5 Å². The summed E-state index contributed by atoms with van der Waals surface area (Å²) < 4.78 is 27.7. The first-order valence-electron chi connectivity index (χ1n) is 12.1. The maximum absolute atomic E-state index is 14.1. The minimum atomic E-state index is -0.782. The highest BCUT2D eigenvalue weighted by Gasteiger charge is 2.32. The number of rotatable bonds is 5. The van der Waals surface area contributed by atoms with E-state index in [0.29, 0.717) is 23.1 Å². The molecule has 4 aromatic rings. The van der Waals surface area contributed by atoms with E-state index in [-0.39, 0.29) is 11.4 Å².